The highest BCUT2D eigenvalue weighted by Gasteiger charge is 1.91. The van der Waals surface area contributed by atoms with E-state index in [1.807, 2.05) is 25.1 Å². The first-order valence-corrected chi connectivity index (χ1v) is 4.73. The first kappa shape index (κ1) is 11.0. The largest absolute Gasteiger partial charge is 0.327 e. The fourth-order valence-electron chi connectivity index (χ4n) is 1.07. The molecule has 0 fully saturated rings. The van der Waals surface area contributed by atoms with E-state index in [4.69, 9.17) is 17.3 Å². The van der Waals surface area contributed by atoms with Gasteiger partial charge in [0.25, 0.3) is 0 Å². The van der Waals surface area contributed by atoms with Gasteiger partial charge < -0.3 is 5.73 Å². The van der Waals surface area contributed by atoms with Crippen LogP contribution in [0.5, 0.6) is 0 Å². The number of hydrogen-bond acceptors (Lipinski definition) is 2. The molecule has 0 spiro atoms. The molecular weight excluding hydrogens is 196 g/mol. The van der Waals surface area contributed by atoms with E-state index in [1.54, 1.807) is 6.07 Å². The smallest absolute Gasteiger partial charge is 0.129 e. The average molecular weight is 209 g/mol. The molecule has 0 unspecified atom stereocenters. The van der Waals surface area contributed by atoms with Crippen molar-refractivity contribution < 1.29 is 0 Å². The third-order valence-corrected chi connectivity index (χ3v) is 2.05. The molecule has 0 aliphatic carbocycles. The Morgan fingerprint density at radius 1 is 1.64 bits per heavy atom. The van der Waals surface area contributed by atoms with Gasteiger partial charge in [0.15, 0.2) is 0 Å². The highest BCUT2D eigenvalue weighted by molar-refractivity contribution is 6.29. The van der Waals surface area contributed by atoms with E-state index in [0.29, 0.717) is 11.7 Å². The van der Waals surface area contributed by atoms with Gasteiger partial charge >= 0.3 is 0 Å². The number of halogens is 1. The first-order chi connectivity index (χ1) is 6.67. The molecule has 0 saturated carbocycles. The lowest BCUT2D eigenvalue weighted by Crippen LogP contribution is -2.28. The minimum absolute atomic E-state index is 0.428. The van der Waals surface area contributed by atoms with E-state index < -0.39 is 0 Å². The van der Waals surface area contributed by atoms with Crippen LogP contribution in [0.15, 0.2) is 24.3 Å². The molecule has 2 nitrogen and oxygen atoms in total. The molecule has 1 aromatic rings. The van der Waals surface area contributed by atoms with Crippen molar-refractivity contribution in [1.29, 1.82) is 0 Å². The molecule has 1 aromatic heterocycles. The highest BCUT2D eigenvalue weighted by Crippen LogP contribution is 1.95. The van der Waals surface area contributed by atoms with Crippen molar-refractivity contribution in [2.24, 2.45) is 5.73 Å². The highest BCUT2D eigenvalue weighted by atomic mass is 35.5. The summed E-state index contributed by atoms with van der Waals surface area (Å²) in [5.41, 5.74) is 6.28. The summed E-state index contributed by atoms with van der Waals surface area (Å²) in [6.07, 6.45) is 3.82. The molecule has 0 aliphatic rings. The Kier molecular flexibility index (Phi) is 3.86. The van der Waals surface area contributed by atoms with Gasteiger partial charge in [0.05, 0.1) is 5.35 Å². The van der Waals surface area contributed by atoms with Gasteiger partial charge in [-0.1, -0.05) is 30.3 Å². The number of pyridine rings is 1. The monoisotopic (exact) mass is 208 g/mol. The van der Waals surface area contributed by atoms with Crippen LogP contribution >= 0.6 is 11.6 Å². The van der Waals surface area contributed by atoms with Gasteiger partial charge in [0.2, 0.25) is 0 Å². The molecule has 1 heterocycles. The number of aromatic nitrogens is 1. The van der Waals surface area contributed by atoms with Crippen LogP contribution in [0.3, 0.4) is 0 Å². The summed E-state index contributed by atoms with van der Waals surface area (Å²) in [5.74, 6) is 0. The summed E-state index contributed by atoms with van der Waals surface area (Å²) >= 11 is 5.79. The van der Waals surface area contributed by atoms with Crippen LogP contribution in [0, 0.1) is 0 Å². The minimum Gasteiger partial charge on any atom is -0.327 e. The third-order valence-electron chi connectivity index (χ3n) is 1.84. The number of nitrogens with zero attached hydrogens (tertiary/aromatic N) is 1. The average Bonchev–Trinajstić information content (AvgIpc) is 2.18. The van der Waals surface area contributed by atoms with Crippen LogP contribution in [0.25, 0.3) is 12.2 Å². The van der Waals surface area contributed by atoms with E-state index in [0.717, 1.165) is 16.1 Å². The predicted octanol–water partition coefficient (Wildman–Crippen LogP) is 0.831. The van der Waals surface area contributed by atoms with Crippen molar-refractivity contribution >= 4 is 23.8 Å². The number of hydrogen-bond donors (Lipinski definition) is 1. The molecule has 1 rings (SSSR count). The summed E-state index contributed by atoms with van der Waals surface area (Å²) < 4.78 is 0. The van der Waals surface area contributed by atoms with E-state index >= 15 is 0 Å². The molecule has 0 aliphatic heterocycles. The Morgan fingerprint density at radius 3 is 2.93 bits per heavy atom. The maximum Gasteiger partial charge on any atom is 0.129 e. The van der Waals surface area contributed by atoms with Crippen molar-refractivity contribution in [1.82, 2.24) is 4.98 Å². The number of rotatable bonds is 2. The van der Waals surface area contributed by atoms with Crippen LogP contribution in [0.2, 0.25) is 5.15 Å². The summed E-state index contributed by atoms with van der Waals surface area (Å²) in [4.78, 5) is 4.19. The Hall–Kier alpha value is -1.12. The van der Waals surface area contributed by atoms with Gasteiger partial charge in [-0.2, -0.15) is 0 Å². The zero-order valence-electron chi connectivity index (χ0n) is 8.13. The number of nitrogens with two attached hydrogens (primary N) is 1. The molecule has 0 radical (unpaired) electrons. The van der Waals surface area contributed by atoms with Gasteiger partial charge in [0.1, 0.15) is 5.15 Å². The van der Waals surface area contributed by atoms with Crippen LogP contribution in [0.4, 0.5) is 0 Å². The molecule has 0 saturated heterocycles. The topological polar surface area (TPSA) is 38.9 Å². The fraction of sp³-hybridized carbons (Fsp3) is 0.182. The van der Waals surface area contributed by atoms with Gasteiger partial charge in [-0.15, -0.1) is 0 Å². The normalized spacial score (nSPS) is 13.4. The Labute approximate surface area is 88.4 Å². The molecule has 74 valence electrons. The van der Waals surface area contributed by atoms with Gasteiger partial charge in [-0.3, -0.25) is 0 Å². The molecular formula is C11H13ClN2. The second-order valence-corrected chi connectivity index (χ2v) is 3.29. The van der Waals surface area contributed by atoms with Crippen molar-refractivity contribution in [3.63, 3.8) is 0 Å². The van der Waals surface area contributed by atoms with E-state index in [1.165, 1.54) is 0 Å². The Bertz CT molecular complexity index is 449. The van der Waals surface area contributed by atoms with Crippen molar-refractivity contribution in [2.45, 2.75) is 6.92 Å². The molecule has 3 heteroatoms. The van der Waals surface area contributed by atoms with Crippen LogP contribution in [-0.4, -0.2) is 11.5 Å². The summed E-state index contributed by atoms with van der Waals surface area (Å²) in [6.45, 7) is 6.18. The lowest BCUT2D eigenvalue weighted by Gasteiger charge is -1.94. The Morgan fingerprint density at radius 2 is 2.36 bits per heavy atom. The van der Waals surface area contributed by atoms with Crippen molar-refractivity contribution in [2.75, 3.05) is 6.54 Å². The lowest BCUT2D eigenvalue weighted by molar-refractivity contribution is 1.18. The zero-order chi connectivity index (χ0) is 10.6. The van der Waals surface area contributed by atoms with Crippen LogP contribution < -0.4 is 16.3 Å². The lowest BCUT2D eigenvalue weighted by atomic mass is 10.2. The molecule has 0 atom stereocenters. The maximum absolute atomic E-state index is 5.79. The second kappa shape index (κ2) is 4.94. The predicted molar refractivity (Wildman–Crippen MR) is 61.3 cm³/mol. The van der Waals surface area contributed by atoms with Crippen LogP contribution in [0.1, 0.15) is 6.92 Å². The SMILES string of the molecule is C=C(/C=c1/nc(Cl)cc/c1=C/C)CN. The molecule has 0 aromatic carbocycles. The van der Waals surface area contributed by atoms with E-state index in [2.05, 4.69) is 11.6 Å². The van der Waals surface area contributed by atoms with Gasteiger partial charge in [-0.05, 0) is 29.9 Å². The Balaban J connectivity index is 3.39. The molecule has 14 heavy (non-hydrogen) atoms. The summed E-state index contributed by atoms with van der Waals surface area (Å²) in [6, 6.07) is 3.68. The summed E-state index contributed by atoms with van der Waals surface area (Å²) in [5, 5.41) is 2.33. The molecule has 2 N–H and O–H groups in total. The quantitative estimate of drug-likeness (QED) is 0.732. The minimum atomic E-state index is 0.428. The molecule has 0 amide bonds. The van der Waals surface area contributed by atoms with E-state index in [9.17, 15) is 0 Å². The zero-order valence-corrected chi connectivity index (χ0v) is 8.88. The fourth-order valence-corrected chi connectivity index (χ4v) is 1.23. The van der Waals surface area contributed by atoms with Gasteiger partial charge in [-0.25, -0.2) is 4.98 Å². The van der Waals surface area contributed by atoms with E-state index in [-0.39, 0.29) is 0 Å². The summed E-state index contributed by atoms with van der Waals surface area (Å²) in [7, 11) is 0. The van der Waals surface area contributed by atoms with Gasteiger partial charge in [0, 0.05) is 6.54 Å². The third kappa shape index (κ3) is 2.69. The second-order valence-electron chi connectivity index (χ2n) is 2.90. The molecule has 0 bridgehead atoms. The maximum atomic E-state index is 5.79. The standard InChI is InChI=1S/C11H13ClN2/c1-3-9-4-5-11(12)14-10(9)6-8(2)7-13/h3-6H,2,7,13H2,1H3/b9-3-,10-6+. The van der Waals surface area contributed by atoms with Crippen molar-refractivity contribution in [3.8, 4) is 0 Å². The van der Waals surface area contributed by atoms with Crippen molar-refractivity contribution in [3.05, 3.63) is 40.0 Å². The first-order valence-electron chi connectivity index (χ1n) is 4.36. The van der Waals surface area contributed by atoms with Crippen LogP contribution in [-0.2, 0) is 0 Å².